The summed E-state index contributed by atoms with van der Waals surface area (Å²) in [5, 5.41) is 12.6. The fraction of sp³-hybridized carbons (Fsp3) is 0.714. The molecule has 0 unspecified atom stereocenters. The number of nitrogens with zero attached hydrogens (tertiary/aromatic N) is 2. The second kappa shape index (κ2) is 11.2. The van der Waals surface area contributed by atoms with Crippen molar-refractivity contribution < 1.29 is 14.7 Å². The lowest BCUT2D eigenvalue weighted by Crippen LogP contribution is -2.73. The number of nitrogens with one attached hydrogen (secondary N) is 1. The molecule has 1 saturated carbocycles. The topological polar surface area (TPSA) is 72.9 Å². The minimum absolute atomic E-state index is 0.0663. The lowest BCUT2D eigenvalue weighted by Gasteiger charge is -2.52. The van der Waals surface area contributed by atoms with Crippen molar-refractivity contribution in [1.29, 1.82) is 0 Å². The minimum Gasteiger partial charge on any atom is -0.392 e. The van der Waals surface area contributed by atoms with Crippen LogP contribution in [-0.2, 0) is 22.7 Å². The number of hydrogen-bond donors (Lipinski definition) is 2. The van der Waals surface area contributed by atoms with Gasteiger partial charge in [-0.15, -0.1) is 0 Å². The highest BCUT2D eigenvalue weighted by atomic mass is 16.3. The number of piperazine rings is 1. The third-order valence-electron chi connectivity index (χ3n) is 8.50. The predicted molar refractivity (Wildman–Crippen MR) is 134 cm³/mol. The first-order chi connectivity index (χ1) is 16.5. The van der Waals surface area contributed by atoms with Crippen LogP contribution >= 0.6 is 0 Å². The average Bonchev–Trinajstić information content (AvgIpc) is 2.84. The molecule has 0 aromatic heterocycles. The fourth-order valence-corrected chi connectivity index (χ4v) is 6.30. The average molecular weight is 470 g/mol. The van der Waals surface area contributed by atoms with Crippen LogP contribution in [0.1, 0.15) is 87.8 Å². The number of carbonyl (C=O) groups excluding carboxylic acids is 2. The summed E-state index contributed by atoms with van der Waals surface area (Å²) in [5.74, 6) is 0.793. The van der Waals surface area contributed by atoms with E-state index < -0.39 is 5.54 Å². The van der Waals surface area contributed by atoms with Crippen LogP contribution in [0.5, 0.6) is 0 Å². The standard InChI is InChI=1S/C28H43N3O3/c1-3-4-14-31-26(33)25(18-22-8-6-5-7-9-22)29-27(34)28(31)12-15-30(16-13-28)19-23-10-11-24(20-32)21(2)17-23/h10-11,17,22,25,32H,3-9,12-16,18-20H2,1-2H3,(H,29,34)/t25-/m0/s1. The molecule has 2 heterocycles. The molecule has 2 aliphatic heterocycles. The zero-order valence-electron chi connectivity index (χ0n) is 21.2. The molecular weight excluding hydrogens is 426 g/mol. The monoisotopic (exact) mass is 469 g/mol. The van der Waals surface area contributed by atoms with Crippen LogP contribution in [0.3, 0.4) is 0 Å². The number of benzene rings is 1. The molecule has 3 aliphatic rings. The number of unbranched alkanes of at least 4 members (excludes halogenated alkanes) is 1. The molecule has 3 fully saturated rings. The van der Waals surface area contributed by atoms with E-state index >= 15 is 0 Å². The Kier molecular flexibility index (Phi) is 8.30. The number of piperidine rings is 1. The Morgan fingerprint density at radius 2 is 1.85 bits per heavy atom. The van der Waals surface area contributed by atoms with Crippen molar-refractivity contribution in [3.8, 4) is 0 Å². The SMILES string of the molecule is CCCCN1C(=O)[C@H](CC2CCCCC2)NC(=O)C12CCN(Cc1ccc(CO)c(C)c1)CC2. The van der Waals surface area contributed by atoms with Gasteiger partial charge in [0, 0.05) is 26.2 Å². The second-order valence-corrected chi connectivity index (χ2v) is 10.8. The van der Waals surface area contributed by atoms with Gasteiger partial charge in [-0.25, -0.2) is 0 Å². The predicted octanol–water partition coefficient (Wildman–Crippen LogP) is 3.92. The van der Waals surface area contributed by atoms with Gasteiger partial charge in [-0.05, 0) is 55.2 Å². The molecule has 188 valence electrons. The van der Waals surface area contributed by atoms with Gasteiger partial charge in [0.2, 0.25) is 11.8 Å². The van der Waals surface area contributed by atoms with Gasteiger partial charge >= 0.3 is 0 Å². The number of carbonyl (C=O) groups is 2. The van der Waals surface area contributed by atoms with E-state index in [0.29, 0.717) is 25.3 Å². The molecule has 6 heteroatoms. The molecule has 2 N–H and O–H groups in total. The molecule has 1 aromatic carbocycles. The summed E-state index contributed by atoms with van der Waals surface area (Å²) < 4.78 is 0. The van der Waals surface area contributed by atoms with Gasteiger partial charge in [-0.1, -0.05) is 63.6 Å². The molecule has 1 aromatic rings. The smallest absolute Gasteiger partial charge is 0.246 e. The van der Waals surface area contributed by atoms with Crippen LogP contribution in [0.15, 0.2) is 18.2 Å². The quantitative estimate of drug-likeness (QED) is 0.605. The maximum absolute atomic E-state index is 13.7. The molecule has 34 heavy (non-hydrogen) atoms. The first-order valence-corrected chi connectivity index (χ1v) is 13.5. The third-order valence-corrected chi connectivity index (χ3v) is 8.50. The Balaban J connectivity index is 1.43. The number of rotatable bonds is 8. The molecule has 4 rings (SSSR count). The van der Waals surface area contributed by atoms with Crippen molar-refractivity contribution in [2.75, 3.05) is 19.6 Å². The first kappa shape index (κ1) is 25.2. The maximum Gasteiger partial charge on any atom is 0.246 e. The number of amides is 2. The van der Waals surface area contributed by atoms with Gasteiger partial charge in [0.25, 0.3) is 0 Å². The van der Waals surface area contributed by atoms with Gasteiger partial charge < -0.3 is 15.3 Å². The van der Waals surface area contributed by atoms with Gasteiger partial charge in [-0.3, -0.25) is 14.5 Å². The van der Waals surface area contributed by atoms with Gasteiger partial charge in [0.05, 0.1) is 6.61 Å². The van der Waals surface area contributed by atoms with Crippen LogP contribution in [0.4, 0.5) is 0 Å². The summed E-state index contributed by atoms with van der Waals surface area (Å²) in [5.41, 5.74) is 2.61. The Bertz CT molecular complexity index is 856. The fourth-order valence-electron chi connectivity index (χ4n) is 6.30. The minimum atomic E-state index is -0.692. The zero-order valence-corrected chi connectivity index (χ0v) is 21.2. The van der Waals surface area contributed by atoms with E-state index in [2.05, 4.69) is 29.3 Å². The maximum atomic E-state index is 13.7. The van der Waals surface area contributed by atoms with Gasteiger partial charge in [0.15, 0.2) is 0 Å². The summed E-state index contributed by atoms with van der Waals surface area (Å²) in [6, 6.07) is 5.89. The van der Waals surface area contributed by atoms with Gasteiger partial charge in [0.1, 0.15) is 11.6 Å². The highest BCUT2D eigenvalue weighted by Gasteiger charge is 2.53. The van der Waals surface area contributed by atoms with Crippen molar-refractivity contribution >= 4 is 11.8 Å². The molecule has 6 nitrogen and oxygen atoms in total. The molecule has 0 radical (unpaired) electrons. The highest BCUT2D eigenvalue weighted by molar-refractivity contribution is 6.00. The third kappa shape index (κ3) is 5.33. The Labute approximate surface area is 205 Å². The van der Waals surface area contributed by atoms with Gasteiger partial charge in [-0.2, -0.15) is 0 Å². The Morgan fingerprint density at radius 3 is 2.50 bits per heavy atom. The first-order valence-electron chi connectivity index (χ1n) is 13.5. The van der Waals surface area contributed by atoms with Crippen LogP contribution in [0.2, 0.25) is 0 Å². The summed E-state index contributed by atoms with van der Waals surface area (Å²) in [4.78, 5) is 31.6. The molecule has 1 aliphatic carbocycles. The molecule has 0 bridgehead atoms. The Hall–Kier alpha value is -1.92. The van der Waals surface area contributed by atoms with E-state index in [-0.39, 0.29) is 24.5 Å². The van der Waals surface area contributed by atoms with Crippen molar-refractivity contribution in [2.45, 2.75) is 103 Å². The largest absolute Gasteiger partial charge is 0.392 e. The summed E-state index contributed by atoms with van der Waals surface area (Å²) >= 11 is 0. The number of aliphatic hydroxyl groups is 1. The number of likely N-dealkylation sites (tertiary alicyclic amines) is 1. The van der Waals surface area contributed by atoms with Crippen LogP contribution < -0.4 is 5.32 Å². The number of hydrogen-bond acceptors (Lipinski definition) is 4. The summed E-state index contributed by atoms with van der Waals surface area (Å²) in [6.07, 6.45) is 10.3. The molecule has 1 atom stereocenters. The summed E-state index contributed by atoms with van der Waals surface area (Å²) in [7, 11) is 0. The number of aryl methyl sites for hydroxylation is 1. The second-order valence-electron chi connectivity index (χ2n) is 10.8. The number of aliphatic hydroxyl groups excluding tert-OH is 1. The molecular formula is C28H43N3O3. The van der Waals surface area contributed by atoms with Crippen molar-refractivity contribution in [1.82, 2.24) is 15.1 Å². The summed E-state index contributed by atoms with van der Waals surface area (Å²) in [6.45, 7) is 7.37. The van der Waals surface area contributed by atoms with Crippen LogP contribution in [-0.4, -0.2) is 57.9 Å². The van der Waals surface area contributed by atoms with Crippen molar-refractivity contribution in [2.24, 2.45) is 5.92 Å². The Morgan fingerprint density at radius 1 is 1.12 bits per heavy atom. The zero-order chi connectivity index (χ0) is 24.1. The highest BCUT2D eigenvalue weighted by Crippen LogP contribution is 2.36. The molecule has 2 amide bonds. The van der Waals surface area contributed by atoms with Crippen LogP contribution in [0.25, 0.3) is 0 Å². The lowest BCUT2D eigenvalue weighted by atomic mass is 9.79. The lowest BCUT2D eigenvalue weighted by molar-refractivity contribution is -0.162. The van der Waals surface area contributed by atoms with E-state index in [9.17, 15) is 14.7 Å². The molecule has 2 saturated heterocycles. The van der Waals surface area contributed by atoms with Crippen molar-refractivity contribution in [3.05, 3.63) is 34.9 Å². The molecule has 1 spiro atoms. The van der Waals surface area contributed by atoms with E-state index in [4.69, 9.17) is 0 Å². The van der Waals surface area contributed by atoms with E-state index in [0.717, 1.165) is 50.0 Å². The normalized spacial score (nSPS) is 24.0. The van der Waals surface area contributed by atoms with Crippen LogP contribution in [0, 0.1) is 12.8 Å². The van der Waals surface area contributed by atoms with E-state index in [1.807, 2.05) is 17.9 Å². The van der Waals surface area contributed by atoms with E-state index in [1.165, 1.54) is 37.7 Å². The van der Waals surface area contributed by atoms with Crippen molar-refractivity contribution in [3.63, 3.8) is 0 Å². The van der Waals surface area contributed by atoms with E-state index in [1.54, 1.807) is 0 Å².